The van der Waals surface area contributed by atoms with Crippen LogP contribution in [0, 0.1) is 5.41 Å². The van der Waals surface area contributed by atoms with E-state index in [4.69, 9.17) is 16.3 Å². The Kier molecular flexibility index (Phi) is 5.62. The fourth-order valence-electron chi connectivity index (χ4n) is 2.52. The standard InChI is InChI=1S/C16H19ClN2O6S/c1-4-25-13(20)8-18-14(21)10-5-6-11(17)12(7-10)19-15(22)16(2,3)9-26(19,23)24/h5-7H,4,8-9H2,1-3H3,(H,18,21). The molecule has 1 aromatic rings. The van der Waals surface area contributed by atoms with Gasteiger partial charge in [-0.25, -0.2) is 12.7 Å². The second kappa shape index (κ2) is 7.24. The number of carbonyl (C=O) groups excluding carboxylic acids is 3. The molecule has 2 amide bonds. The summed E-state index contributed by atoms with van der Waals surface area (Å²) < 4.78 is 30.1. The first-order chi connectivity index (χ1) is 12.0. The van der Waals surface area contributed by atoms with Gasteiger partial charge in [0, 0.05) is 5.56 Å². The minimum Gasteiger partial charge on any atom is -0.465 e. The second-order valence-corrected chi connectivity index (χ2v) is 8.59. The largest absolute Gasteiger partial charge is 0.465 e. The highest BCUT2D eigenvalue weighted by Gasteiger charge is 2.50. The van der Waals surface area contributed by atoms with Crippen molar-refractivity contribution in [3.05, 3.63) is 28.8 Å². The van der Waals surface area contributed by atoms with Gasteiger partial charge in [0.05, 0.1) is 28.5 Å². The van der Waals surface area contributed by atoms with Gasteiger partial charge in [-0.2, -0.15) is 0 Å². The Balaban J connectivity index is 2.32. The van der Waals surface area contributed by atoms with E-state index in [1.54, 1.807) is 6.92 Å². The number of sulfonamides is 1. The molecule has 2 rings (SSSR count). The molecule has 142 valence electrons. The van der Waals surface area contributed by atoms with Crippen LogP contribution in [0.2, 0.25) is 5.02 Å². The van der Waals surface area contributed by atoms with E-state index < -0.39 is 33.2 Å². The minimum atomic E-state index is -3.90. The van der Waals surface area contributed by atoms with Crippen LogP contribution in [-0.2, 0) is 24.3 Å². The van der Waals surface area contributed by atoms with Crippen LogP contribution in [0.15, 0.2) is 18.2 Å². The van der Waals surface area contributed by atoms with E-state index >= 15 is 0 Å². The van der Waals surface area contributed by atoms with E-state index in [2.05, 4.69) is 5.32 Å². The first-order valence-corrected chi connectivity index (χ1v) is 9.79. The number of benzene rings is 1. The summed E-state index contributed by atoms with van der Waals surface area (Å²) in [5, 5.41) is 2.37. The molecule has 0 unspecified atom stereocenters. The highest BCUT2D eigenvalue weighted by molar-refractivity contribution is 7.94. The average molecular weight is 403 g/mol. The number of amides is 2. The third kappa shape index (κ3) is 3.99. The average Bonchev–Trinajstić information content (AvgIpc) is 2.69. The number of nitrogens with one attached hydrogen (secondary N) is 1. The van der Waals surface area contributed by atoms with Crippen LogP contribution >= 0.6 is 11.6 Å². The molecule has 26 heavy (non-hydrogen) atoms. The van der Waals surface area contributed by atoms with E-state index in [0.29, 0.717) is 4.31 Å². The van der Waals surface area contributed by atoms with E-state index in [1.807, 2.05) is 0 Å². The number of nitrogens with zero attached hydrogens (tertiary/aromatic N) is 1. The number of anilines is 1. The Hall–Kier alpha value is -2.13. The minimum absolute atomic E-state index is 0.0153. The quantitative estimate of drug-likeness (QED) is 0.744. The molecule has 0 aliphatic carbocycles. The van der Waals surface area contributed by atoms with Crippen LogP contribution in [0.25, 0.3) is 0 Å². The van der Waals surface area contributed by atoms with Gasteiger partial charge in [0.25, 0.3) is 5.91 Å². The number of hydrogen-bond acceptors (Lipinski definition) is 6. The molecule has 1 N–H and O–H groups in total. The fourth-order valence-corrected chi connectivity index (χ4v) is 4.89. The van der Waals surface area contributed by atoms with Crippen molar-refractivity contribution in [3.8, 4) is 0 Å². The van der Waals surface area contributed by atoms with E-state index in [1.165, 1.54) is 32.0 Å². The zero-order chi connectivity index (χ0) is 19.7. The molecule has 8 nitrogen and oxygen atoms in total. The normalized spacial score (nSPS) is 17.8. The molecule has 1 saturated heterocycles. The van der Waals surface area contributed by atoms with E-state index in [0.717, 1.165) is 0 Å². The third-order valence-corrected chi connectivity index (χ3v) is 6.04. The van der Waals surface area contributed by atoms with Gasteiger partial charge < -0.3 is 10.1 Å². The molecule has 0 radical (unpaired) electrons. The SMILES string of the molecule is CCOC(=O)CNC(=O)c1ccc(Cl)c(N2C(=O)C(C)(C)CS2(=O)=O)c1. The predicted octanol–water partition coefficient (Wildman–Crippen LogP) is 1.34. The molecule has 0 spiro atoms. The summed E-state index contributed by atoms with van der Waals surface area (Å²) in [6, 6.07) is 3.90. The Morgan fingerprint density at radius 1 is 1.35 bits per heavy atom. The Morgan fingerprint density at radius 2 is 2.00 bits per heavy atom. The lowest BCUT2D eigenvalue weighted by Crippen LogP contribution is -2.34. The highest BCUT2D eigenvalue weighted by Crippen LogP contribution is 2.39. The summed E-state index contributed by atoms with van der Waals surface area (Å²) in [5.41, 5.74) is -1.13. The van der Waals surface area contributed by atoms with Crippen LogP contribution < -0.4 is 9.62 Å². The second-order valence-electron chi connectivity index (χ2n) is 6.36. The molecule has 1 heterocycles. The summed E-state index contributed by atoms with van der Waals surface area (Å²) in [4.78, 5) is 36.0. The first kappa shape index (κ1) is 20.2. The maximum atomic E-state index is 12.5. The number of hydrogen-bond donors (Lipinski definition) is 1. The van der Waals surface area contributed by atoms with Crippen LogP contribution in [0.4, 0.5) is 5.69 Å². The summed E-state index contributed by atoms with van der Waals surface area (Å²) in [6.07, 6.45) is 0. The van der Waals surface area contributed by atoms with Crippen LogP contribution in [-0.4, -0.2) is 45.1 Å². The van der Waals surface area contributed by atoms with Crippen molar-refractivity contribution in [2.45, 2.75) is 20.8 Å². The van der Waals surface area contributed by atoms with E-state index in [-0.39, 0.29) is 35.2 Å². The van der Waals surface area contributed by atoms with Crippen molar-refractivity contribution >= 4 is 45.1 Å². The molecule has 1 aromatic carbocycles. The Morgan fingerprint density at radius 3 is 2.54 bits per heavy atom. The van der Waals surface area contributed by atoms with Crippen LogP contribution in [0.1, 0.15) is 31.1 Å². The molecule has 1 aliphatic heterocycles. The van der Waals surface area contributed by atoms with Gasteiger partial charge in [0.15, 0.2) is 0 Å². The topological polar surface area (TPSA) is 110 Å². The van der Waals surface area contributed by atoms with Crippen molar-refractivity contribution in [3.63, 3.8) is 0 Å². The van der Waals surface area contributed by atoms with Crippen molar-refractivity contribution in [2.24, 2.45) is 5.41 Å². The molecule has 1 fully saturated rings. The van der Waals surface area contributed by atoms with Crippen molar-refractivity contribution in [2.75, 3.05) is 23.2 Å². The van der Waals surface area contributed by atoms with Gasteiger partial charge in [-0.05, 0) is 39.0 Å². The van der Waals surface area contributed by atoms with Crippen LogP contribution in [0.3, 0.4) is 0 Å². The molecular formula is C16H19ClN2O6S. The molecule has 0 bridgehead atoms. The molecule has 10 heteroatoms. The van der Waals surface area contributed by atoms with E-state index in [9.17, 15) is 22.8 Å². The highest BCUT2D eigenvalue weighted by atomic mass is 35.5. The Bertz CT molecular complexity index is 865. The van der Waals surface area contributed by atoms with Gasteiger partial charge in [-0.1, -0.05) is 11.6 Å². The number of rotatable bonds is 5. The summed E-state index contributed by atoms with van der Waals surface area (Å²) >= 11 is 6.07. The smallest absolute Gasteiger partial charge is 0.325 e. The number of esters is 1. The van der Waals surface area contributed by atoms with Gasteiger partial charge in [0.2, 0.25) is 15.9 Å². The van der Waals surface area contributed by atoms with Gasteiger partial charge in [-0.15, -0.1) is 0 Å². The van der Waals surface area contributed by atoms with Gasteiger partial charge in [-0.3, -0.25) is 14.4 Å². The lowest BCUT2D eigenvalue weighted by molar-refractivity contribution is -0.141. The fraction of sp³-hybridized carbons (Fsp3) is 0.438. The van der Waals surface area contributed by atoms with Gasteiger partial charge >= 0.3 is 5.97 Å². The molecule has 1 aliphatic rings. The molecule has 0 aromatic heterocycles. The number of halogens is 1. The first-order valence-electron chi connectivity index (χ1n) is 7.80. The maximum Gasteiger partial charge on any atom is 0.325 e. The Labute approximate surface area is 156 Å². The van der Waals surface area contributed by atoms with Crippen molar-refractivity contribution < 1.29 is 27.5 Å². The zero-order valence-corrected chi connectivity index (χ0v) is 16.1. The third-order valence-electron chi connectivity index (χ3n) is 3.71. The zero-order valence-electron chi connectivity index (χ0n) is 14.5. The molecule has 0 saturated carbocycles. The summed E-state index contributed by atoms with van der Waals surface area (Å²) in [7, 11) is -3.90. The van der Waals surface area contributed by atoms with Gasteiger partial charge in [0.1, 0.15) is 6.54 Å². The predicted molar refractivity (Wildman–Crippen MR) is 95.5 cm³/mol. The monoisotopic (exact) mass is 402 g/mol. The lowest BCUT2D eigenvalue weighted by atomic mass is 9.95. The number of carbonyl (C=O) groups is 3. The van der Waals surface area contributed by atoms with Crippen molar-refractivity contribution in [1.82, 2.24) is 5.32 Å². The molecular weight excluding hydrogens is 384 g/mol. The lowest BCUT2D eigenvalue weighted by Gasteiger charge is -2.19. The summed E-state index contributed by atoms with van der Waals surface area (Å²) in [6.45, 7) is 4.54. The molecule has 0 atom stereocenters. The maximum absolute atomic E-state index is 12.5. The van der Waals surface area contributed by atoms with Crippen LogP contribution in [0.5, 0.6) is 0 Å². The number of ether oxygens (including phenoxy) is 1. The summed E-state index contributed by atoms with van der Waals surface area (Å²) in [5.74, 6) is -2.20. The van der Waals surface area contributed by atoms with Crippen molar-refractivity contribution in [1.29, 1.82) is 0 Å².